The number of hydrogen-bond acceptors (Lipinski definition) is 4. The monoisotopic (exact) mass is 252 g/mol. The van der Waals surface area contributed by atoms with Gasteiger partial charge in [-0.05, 0) is 12.2 Å². The van der Waals surface area contributed by atoms with Crippen LogP contribution in [0.15, 0.2) is 29.6 Å². The quantitative estimate of drug-likeness (QED) is 0.622. The number of thiocarbonyl (C=S) groups is 1. The molecule has 0 amide bonds. The number of pyridine rings is 1. The Hall–Kier alpha value is -1.98. The number of aliphatic imine (C=N–C) groups is 1. The molecule has 2 aromatic heterocycles. The van der Waals surface area contributed by atoms with Crippen LogP contribution in [0.25, 0.3) is 0 Å². The van der Waals surface area contributed by atoms with Gasteiger partial charge in [-0.2, -0.15) is 10.1 Å². The van der Waals surface area contributed by atoms with E-state index in [0.717, 1.165) is 12.4 Å². The minimum absolute atomic E-state index is 0.0346. The van der Waals surface area contributed by atoms with Crippen molar-refractivity contribution in [2.24, 2.45) is 4.99 Å². The average Bonchev–Trinajstić information content (AvgIpc) is 2.72. The van der Waals surface area contributed by atoms with Gasteiger partial charge in [-0.3, -0.25) is 9.67 Å². The van der Waals surface area contributed by atoms with Gasteiger partial charge in [0.05, 0.1) is 24.1 Å². The van der Waals surface area contributed by atoms with Crippen molar-refractivity contribution in [3.05, 3.63) is 41.9 Å². The van der Waals surface area contributed by atoms with Crippen LogP contribution in [0.5, 0.6) is 0 Å². The number of rotatable bonds is 3. The van der Waals surface area contributed by atoms with Crippen LogP contribution in [0.2, 0.25) is 0 Å². The highest BCUT2D eigenvalue weighted by atomic mass is 32.1. The molecule has 7 heteroatoms. The Kier molecular flexibility index (Phi) is 3.32. The first-order valence-electron chi connectivity index (χ1n) is 4.60. The van der Waals surface area contributed by atoms with E-state index in [1.165, 1.54) is 4.68 Å². The molecule has 0 unspecified atom stereocenters. The summed E-state index contributed by atoms with van der Waals surface area (Å²) >= 11 is 4.42. The predicted octanol–water partition coefficient (Wildman–Crippen LogP) is 2.34. The van der Waals surface area contributed by atoms with Gasteiger partial charge in [0.25, 0.3) is 0 Å². The van der Waals surface area contributed by atoms with E-state index in [1.807, 2.05) is 0 Å². The normalized spacial score (nSPS) is 10.0. The standard InChI is InChI=1S/C10H6F2N4S/c11-8-3-13-4-9(12)7(8)5-16-2-1-10(15-16)14-6-17/h1-4H,5H2. The SMILES string of the molecule is Fc1cncc(F)c1Cn1ccc(N=C=S)n1. The van der Waals surface area contributed by atoms with Gasteiger partial charge in [-0.25, -0.2) is 8.78 Å². The highest BCUT2D eigenvalue weighted by Gasteiger charge is 2.10. The summed E-state index contributed by atoms with van der Waals surface area (Å²) in [7, 11) is 0. The number of isothiocyanates is 1. The molecular weight excluding hydrogens is 246 g/mol. The van der Waals surface area contributed by atoms with Crippen molar-refractivity contribution < 1.29 is 8.78 Å². The van der Waals surface area contributed by atoms with Crippen LogP contribution >= 0.6 is 12.2 Å². The van der Waals surface area contributed by atoms with Crippen molar-refractivity contribution in [2.75, 3.05) is 0 Å². The fourth-order valence-corrected chi connectivity index (χ4v) is 1.39. The Labute approximate surface area is 101 Å². The summed E-state index contributed by atoms with van der Waals surface area (Å²) in [6.07, 6.45) is 3.46. The van der Waals surface area contributed by atoms with E-state index in [9.17, 15) is 8.78 Å². The van der Waals surface area contributed by atoms with Crippen molar-refractivity contribution in [3.63, 3.8) is 0 Å². The summed E-state index contributed by atoms with van der Waals surface area (Å²) in [6, 6.07) is 1.57. The largest absolute Gasteiger partial charge is 0.266 e. The van der Waals surface area contributed by atoms with Gasteiger partial charge in [0.2, 0.25) is 0 Å². The number of aromatic nitrogens is 3. The lowest BCUT2D eigenvalue weighted by Crippen LogP contribution is -2.05. The second-order valence-corrected chi connectivity index (χ2v) is 3.34. The lowest BCUT2D eigenvalue weighted by molar-refractivity contribution is 0.525. The van der Waals surface area contributed by atoms with Gasteiger partial charge in [0, 0.05) is 17.8 Å². The molecule has 2 heterocycles. The summed E-state index contributed by atoms with van der Waals surface area (Å²) in [5, 5.41) is 6.10. The first kappa shape index (κ1) is 11.5. The van der Waals surface area contributed by atoms with Crippen molar-refractivity contribution in [2.45, 2.75) is 6.54 Å². The minimum Gasteiger partial charge on any atom is -0.266 e. The molecule has 0 fully saturated rings. The molecule has 0 radical (unpaired) electrons. The molecule has 0 atom stereocenters. The second-order valence-electron chi connectivity index (χ2n) is 3.16. The molecule has 0 aromatic carbocycles. The zero-order valence-electron chi connectivity index (χ0n) is 8.47. The highest BCUT2D eigenvalue weighted by molar-refractivity contribution is 7.78. The highest BCUT2D eigenvalue weighted by Crippen LogP contribution is 2.13. The van der Waals surface area contributed by atoms with E-state index in [1.54, 1.807) is 12.3 Å². The number of nitrogens with zero attached hydrogens (tertiary/aromatic N) is 4. The Morgan fingerprint density at radius 3 is 2.71 bits per heavy atom. The third-order valence-electron chi connectivity index (χ3n) is 2.06. The lowest BCUT2D eigenvalue weighted by atomic mass is 10.2. The van der Waals surface area contributed by atoms with E-state index < -0.39 is 11.6 Å². The van der Waals surface area contributed by atoms with E-state index in [4.69, 9.17) is 0 Å². The van der Waals surface area contributed by atoms with Crippen LogP contribution in [-0.4, -0.2) is 19.9 Å². The molecule has 0 N–H and O–H groups in total. The van der Waals surface area contributed by atoms with Gasteiger partial charge in [-0.1, -0.05) is 0 Å². The summed E-state index contributed by atoms with van der Waals surface area (Å²) in [6.45, 7) is -0.0346. The third-order valence-corrected chi connectivity index (χ3v) is 2.15. The number of halogens is 2. The summed E-state index contributed by atoms with van der Waals surface area (Å²) in [5.41, 5.74) is -0.0963. The third kappa shape index (κ3) is 2.58. The Morgan fingerprint density at radius 1 is 1.35 bits per heavy atom. The molecule has 2 aromatic rings. The fourth-order valence-electron chi connectivity index (χ4n) is 1.30. The van der Waals surface area contributed by atoms with E-state index >= 15 is 0 Å². The van der Waals surface area contributed by atoms with Gasteiger partial charge < -0.3 is 0 Å². The molecule has 0 aliphatic rings. The zero-order valence-corrected chi connectivity index (χ0v) is 9.29. The van der Waals surface area contributed by atoms with E-state index in [0.29, 0.717) is 5.82 Å². The maximum absolute atomic E-state index is 13.3. The molecule has 86 valence electrons. The van der Waals surface area contributed by atoms with Crippen LogP contribution in [0.1, 0.15) is 5.56 Å². The Balaban J connectivity index is 2.28. The van der Waals surface area contributed by atoms with Gasteiger partial charge in [0.1, 0.15) is 11.6 Å². The Morgan fingerprint density at radius 2 is 2.06 bits per heavy atom. The summed E-state index contributed by atoms with van der Waals surface area (Å²) in [4.78, 5) is 7.05. The molecule has 0 aliphatic carbocycles. The van der Waals surface area contributed by atoms with Gasteiger partial charge >= 0.3 is 0 Å². The molecule has 2 rings (SSSR count). The molecular formula is C10H6F2N4S. The van der Waals surface area contributed by atoms with Crippen molar-refractivity contribution in [1.29, 1.82) is 0 Å². The van der Waals surface area contributed by atoms with Crippen LogP contribution in [0, 0.1) is 11.6 Å². The zero-order chi connectivity index (χ0) is 12.3. The average molecular weight is 252 g/mol. The maximum atomic E-state index is 13.3. The van der Waals surface area contributed by atoms with Crippen molar-refractivity contribution in [1.82, 2.24) is 14.8 Å². The molecule has 0 aliphatic heterocycles. The van der Waals surface area contributed by atoms with Gasteiger partial charge in [-0.15, -0.1) is 0 Å². The second kappa shape index (κ2) is 4.90. The molecule has 0 saturated heterocycles. The summed E-state index contributed by atoms with van der Waals surface area (Å²) in [5.74, 6) is -1.07. The lowest BCUT2D eigenvalue weighted by Gasteiger charge is -2.03. The molecule has 0 bridgehead atoms. The predicted molar refractivity (Wildman–Crippen MR) is 60.2 cm³/mol. The smallest absolute Gasteiger partial charge is 0.184 e. The topological polar surface area (TPSA) is 43.1 Å². The van der Waals surface area contributed by atoms with Gasteiger partial charge in [0.15, 0.2) is 5.82 Å². The van der Waals surface area contributed by atoms with Crippen molar-refractivity contribution in [3.8, 4) is 0 Å². The molecule has 0 saturated carbocycles. The molecule has 17 heavy (non-hydrogen) atoms. The fraction of sp³-hybridized carbons (Fsp3) is 0.100. The molecule has 0 spiro atoms. The van der Waals surface area contributed by atoms with Crippen LogP contribution < -0.4 is 0 Å². The van der Waals surface area contributed by atoms with E-state index in [2.05, 4.69) is 32.5 Å². The van der Waals surface area contributed by atoms with Crippen LogP contribution in [-0.2, 0) is 6.54 Å². The summed E-state index contributed by atoms with van der Waals surface area (Å²) < 4.78 is 27.9. The van der Waals surface area contributed by atoms with E-state index in [-0.39, 0.29) is 12.1 Å². The number of hydrogen-bond donors (Lipinski definition) is 0. The maximum Gasteiger partial charge on any atom is 0.184 e. The van der Waals surface area contributed by atoms with Crippen LogP contribution in [0.3, 0.4) is 0 Å². The van der Waals surface area contributed by atoms with Crippen molar-refractivity contribution >= 4 is 23.2 Å². The molecule has 4 nitrogen and oxygen atoms in total. The first-order valence-corrected chi connectivity index (χ1v) is 5.00. The minimum atomic E-state index is -0.708. The van der Waals surface area contributed by atoms with Crippen LogP contribution in [0.4, 0.5) is 14.6 Å². The first-order chi connectivity index (χ1) is 8.20. The Bertz CT molecular complexity index is 569.